The smallest absolute Gasteiger partial charge is 0.243 e. The van der Waals surface area contributed by atoms with Crippen molar-refractivity contribution >= 4 is 21.6 Å². The lowest BCUT2D eigenvalue weighted by Gasteiger charge is -2.36. The van der Waals surface area contributed by atoms with E-state index in [4.69, 9.17) is 4.74 Å². The molecular formula is C16H22N2O4S. The molecule has 0 aromatic heterocycles. The number of benzene rings is 1. The van der Waals surface area contributed by atoms with Crippen molar-refractivity contribution in [3.05, 3.63) is 23.8 Å². The van der Waals surface area contributed by atoms with Crippen LogP contribution in [0.5, 0.6) is 0 Å². The van der Waals surface area contributed by atoms with E-state index in [1.807, 2.05) is 13.8 Å². The number of anilines is 1. The highest BCUT2D eigenvalue weighted by molar-refractivity contribution is 7.89. The number of fused-ring (bicyclic) bond motifs is 1. The number of hydrogen-bond donors (Lipinski definition) is 0. The minimum Gasteiger partial charge on any atom is -0.375 e. The summed E-state index contributed by atoms with van der Waals surface area (Å²) in [6.07, 6.45) is 0.564. The number of amides is 1. The molecule has 0 radical (unpaired) electrons. The van der Waals surface area contributed by atoms with Gasteiger partial charge in [0.2, 0.25) is 15.9 Å². The summed E-state index contributed by atoms with van der Waals surface area (Å²) < 4.78 is 32.9. The molecule has 23 heavy (non-hydrogen) atoms. The molecule has 6 nitrogen and oxygen atoms in total. The zero-order valence-corrected chi connectivity index (χ0v) is 14.5. The van der Waals surface area contributed by atoms with Crippen molar-refractivity contribution in [3.8, 4) is 0 Å². The monoisotopic (exact) mass is 338 g/mol. The molecule has 3 rings (SSSR count). The van der Waals surface area contributed by atoms with E-state index in [9.17, 15) is 13.2 Å². The van der Waals surface area contributed by atoms with Gasteiger partial charge in [-0.25, -0.2) is 8.42 Å². The highest BCUT2D eigenvalue weighted by atomic mass is 32.2. The Balaban J connectivity index is 1.94. The van der Waals surface area contributed by atoms with E-state index in [1.165, 1.54) is 11.2 Å². The molecule has 0 N–H and O–H groups in total. The molecule has 2 aliphatic heterocycles. The zero-order chi connectivity index (χ0) is 16.8. The number of nitrogens with zero attached hydrogens (tertiary/aromatic N) is 2. The quantitative estimate of drug-likeness (QED) is 0.817. The second kappa shape index (κ2) is 5.89. The van der Waals surface area contributed by atoms with Gasteiger partial charge in [-0.2, -0.15) is 4.31 Å². The van der Waals surface area contributed by atoms with Crippen molar-refractivity contribution in [1.29, 1.82) is 0 Å². The molecule has 1 saturated heterocycles. The number of morpholine rings is 1. The summed E-state index contributed by atoms with van der Waals surface area (Å²) in [5.74, 6) is -0.0185. The van der Waals surface area contributed by atoms with Crippen LogP contribution in [0.25, 0.3) is 0 Å². The van der Waals surface area contributed by atoms with Crippen LogP contribution in [0.3, 0.4) is 0 Å². The summed E-state index contributed by atoms with van der Waals surface area (Å²) in [4.78, 5) is 13.6. The Morgan fingerprint density at radius 1 is 1.26 bits per heavy atom. The molecule has 1 fully saturated rings. The van der Waals surface area contributed by atoms with Gasteiger partial charge in [-0.05, 0) is 44.0 Å². The van der Waals surface area contributed by atoms with Gasteiger partial charge in [-0.3, -0.25) is 4.79 Å². The molecule has 2 atom stereocenters. The minimum atomic E-state index is -3.55. The van der Waals surface area contributed by atoms with Gasteiger partial charge in [0, 0.05) is 31.7 Å². The average Bonchev–Trinajstić information content (AvgIpc) is 2.93. The predicted molar refractivity (Wildman–Crippen MR) is 86.9 cm³/mol. The maximum atomic E-state index is 12.9. The number of sulfonamides is 1. The van der Waals surface area contributed by atoms with Gasteiger partial charge >= 0.3 is 0 Å². The van der Waals surface area contributed by atoms with E-state index in [0.717, 1.165) is 11.3 Å². The first-order chi connectivity index (χ1) is 10.8. The molecular weight excluding hydrogens is 316 g/mol. The van der Waals surface area contributed by atoms with Gasteiger partial charge in [0.05, 0.1) is 17.6 Å². The molecule has 1 aromatic rings. The van der Waals surface area contributed by atoms with E-state index in [1.54, 1.807) is 23.1 Å². The molecule has 7 heteroatoms. The standard InChI is InChI=1S/C16H22N2O4S/c1-11-12(2)22-9-8-18(11)23(20,21)15-4-5-16-14(10-15)6-7-17(16)13(3)19/h4-5,10-12H,6-9H2,1-3H3. The summed E-state index contributed by atoms with van der Waals surface area (Å²) in [5.41, 5.74) is 1.73. The molecule has 0 aliphatic carbocycles. The van der Waals surface area contributed by atoms with Gasteiger partial charge < -0.3 is 9.64 Å². The highest BCUT2D eigenvalue weighted by Gasteiger charge is 2.36. The highest BCUT2D eigenvalue weighted by Crippen LogP contribution is 2.32. The van der Waals surface area contributed by atoms with E-state index in [-0.39, 0.29) is 18.1 Å². The van der Waals surface area contributed by atoms with Gasteiger partial charge in [-0.1, -0.05) is 0 Å². The van der Waals surface area contributed by atoms with Crippen molar-refractivity contribution in [2.75, 3.05) is 24.6 Å². The van der Waals surface area contributed by atoms with Crippen molar-refractivity contribution in [2.24, 2.45) is 0 Å². The third-order valence-corrected chi connectivity index (χ3v) is 6.74. The maximum absolute atomic E-state index is 12.9. The lowest BCUT2D eigenvalue weighted by Crippen LogP contribution is -2.51. The Hall–Kier alpha value is -1.44. The van der Waals surface area contributed by atoms with Gasteiger partial charge in [0.25, 0.3) is 0 Å². The Morgan fingerprint density at radius 2 is 2.00 bits per heavy atom. The number of carbonyl (C=O) groups excluding carboxylic acids is 1. The first-order valence-electron chi connectivity index (χ1n) is 7.87. The molecule has 1 aromatic carbocycles. The second-order valence-corrected chi connectivity index (χ2v) is 8.03. The summed E-state index contributed by atoms with van der Waals surface area (Å²) in [6.45, 7) is 6.67. The van der Waals surface area contributed by atoms with Gasteiger partial charge in [-0.15, -0.1) is 0 Å². The van der Waals surface area contributed by atoms with E-state index >= 15 is 0 Å². The Bertz CT molecular complexity index is 732. The Kier molecular flexibility index (Phi) is 4.20. The Morgan fingerprint density at radius 3 is 2.70 bits per heavy atom. The van der Waals surface area contributed by atoms with E-state index < -0.39 is 10.0 Å². The average molecular weight is 338 g/mol. The van der Waals surface area contributed by atoms with Crippen LogP contribution in [0.4, 0.5) is 5.69 Å². The van der Waals surface area contributed by atoms with E-state index in [2.05, 4.69) is 0 Å². The summed E-state index contributed by atoms with van der Waals surface area (Å²) in [5, 5.41) is 0. The summed E-state index contributed by atoms with van der Waals surface area (Å²) in [7, 11) is -3.55. The fraction of sp³-hybridized carbons (Fsp3) is 0.562. The molecule has 2 aliphatic rings. The topological polar surface area (TPSA) is 66.9 Å². The maximum Gasteiger partial charge on any atom is 0.243 e. The molecule has 0 bridgehead atoms. The molecule has 2 unspecified atom stereocenters. The molecule has 126 valence electrons. The summed E-state index contributed by atoms with van der Waals surface area (Å²) >= 11 is 0. The number of carbonyl (C=O) groups is 1. The van der Waals surface area contributed by atoms with Crippen LogP contribution >= 0.6 is 0 Å². The first kappa shape index (κ1) is 16.4. The lowest BCUT2D eigenvalue weighted by molar-refractivity contribution is -0.116. The van der Waals surface area contributed by atoms with Gasteiger partial charge in [0.1, 0.15) is 0 Å². The van der Waals surface area contributed by atoms with Crippen LogP contribution in [0.1, 0.15) is 26.3 Å². The minimum absolute atomic E-state index is 0.0185. The lowest BCUT2D eigenvalue weighted by atomic mass is 10.2. The van der Waals surface area contributed by atoms with Crippen molar-refractivity contribution in [2.45, 2.75) is 44.2 Å². The number of ether oxygens (including phenoxy) is 1. The van der Waals surface area contributed by atoms with Gasteiger partial charge in [0.15, 0.2) is 0 Å². The van der Waals surface area contributed by atoms with Crippen LogP contribution < -0.4 is 4.90 Å². The third-order valence-electron chi connectivity index (χ3n) is 4.76. The molecule has 0 saturated carbocycles. The van der Waals surface area contributed by atoms with Crippen LogP contribution in [0.15, 0.2) is 23.1 Å². The van der Waals surface area contributed by atoms with Crippen molar-refractivity contribution in [3.63, 3.8) is 0 Å². The largest absolute Gasteiger partial charge is 0.375 e. The predicted octanol–water partition coefficient (Wildman–Crippen LogP) is 1.39. The van der Waals surface area contributed by atoms with Crippen LogP contribution in [0.2, 0.25) is 0 Å². The van der Waals surface area contributed by atoms with Crippen molar-refractivity contribution < 1.29 is 17.9 Å². The van der Waals surface area contributed by atoms with Crippen LogP contribution in [-0.2, 0) is 26.0 Å². The van der Waals surface area contributed by atoms with Crippen LogP contribution in [0, 0.1) is 0 Å². The third kappa shape index (κ3) is 2.77. The SMILES string of the molecule is CC(=O)N1CCc2cc(S(=O)(=O)N3CCOC(C)C3C)ccc21. The van der Waals surface area contributed by atoms with Crippen molar-refractivity contribution in [1.82, 2.24) is 4.31 Å². The van der Waals surface area contributed by atoms with E-state index in [0.29, 0.717) is 31.0 Å². The normalized spacial score (nSPS) is 25.4. The number of hydrogen-bond acceptors (Lipinski definition) is 4. The fourth-order valence-electron chi connectivity index (χ4n) is 3.25. The van der Waals surface area contributed by atoms with Crippen LogP contribution in [-0.4, -0.2) is 50.5 Å². The first-order valence-corrected chi connectivity index (χ1v) is 9.31. The molecule has 2 heterocycles. The summed E-state index contributed by atoms with van der Waals surface area (Å²) in [6, 6.07) is 4.85. The fourth-order valence-corrected chi connectivity index (χ4v) is 4.97. The second-order valence-electron chi connectivity index (χ2n) is 6.14. The molecule has 0 spiro atoms. The Labute approximate surface area is 137 Å². The number of rotatable bonds is 2. The molecule has 1 amide bonds. The zero-order valence-electron chi connectivity index (χ0n) is 13.7.